The Kier molecular flexibility index (Phi) is 5.43. The van der Waals surface area contributed by atoms with Crippen molar-refractivity contribution in [3.8, 4) is 0 Å². The molecule has 0 saturated heterocycles. The Labute approximate surface area is 64.4 Å². The predicted octanol–water partition coefficient (Wildman–Crippen LogP) is 0.737. The number of hydrogen-bond donors (Lipinski definition) is 2. The van der Waals surface area contributed by atoms with E-state index in [1.807, 2.05) is 6.92 Å². The molecule has 4 heteroatoms. The average molecular weight is 163 g/mol. The molecule has 1 unspecified atom stereocenters. The third-order valence-electron chi connectivity index (χ3n) is 0.837. The molecular formula is C6H11O3S. The molecule has 0 aromatic heterocycles. The number of hydrogen-bond acceptors (Lipinski definition) is 3. The van der Waals surface area contributed by atoms with E-state index in [0.29, 0.717) is 6.42 Å². The summed E-state index contributed by atoms with van der Waals surface area (Å²) in [5, 5.41) is 17.2. The van der Waals surface area contributed by atoms with Gasteiger partial charge in [-0.1, -0.05) is 6.92 Å². The molecule has 0 saturated carbocycles. The van der Waals surface area contributed by atoms with E-state index < -0.39 is 11.4 Å². The summed E-state index contributed by atoms with van der Waals surface area (Å²) < 4.78 is 0. The summed E-state index contributed by atoms with van der Waals surface area (Å²) in [7, 11) is 0. The number of aliphatic hydroxyl groups is 1. The van der Waals surface area contributed by atoms with Crippen LogP contribution >= 0.6 is 11.8 Å². The molecule has 0 aromatic carbocycles. The minimum Gasteiger partial charge on any atom is -0.481 e. The summed E-state index contributed by atoms with van der Waals surface area (Å²) in [6.45, 7) is 1.82. The molecule has 1 atom stereocenters. The van der Waals surface area contributed by atoms with Crippen molar-refractivity contribution >= 4 is 17.7 Å². The Morgan fingerprint density at radius 2 is 2.40 bits per heavy atom. The fraction of sp³-hybridized carbons (Fsp3) is 0.667. The van der Waals surface area contributed by atoms with Gasteiger partial charge in [0, 0.05) is 0 Å². The van der Waals surface area contributed by atoms with Gasteiger partial charge in [-0.2, -0.15) is 0 Å². The van der Waals surface area contributed by atoms with Gasteiger partial charge in [0.2, 0.25) is 0 Å². The average Bonchev–Trinajstić information content (AvgIpc) is 1.85. The molecule has 0 aliphatic heterocycles. The number of carboxylic acids is 1. The first-order valence-electron chi connectivity index (χ1n) is 2.96. The van der Waals surface area contributed by atoms with Crippen molar-refractivity contribution in [3.63, 3.8) is 0 Å². The van der Waals surface area contributed by atoms with Gasteiger partial charge in [-0.15, -0.1) is 11.8 Å². The molecule has 0 fully saturated rings. The summed E-state index contributed by atoms with van der Waals surface area (Å²) in [5.74, 6) is -0.921. The van der Waals surface area contributed by atoms with Gasteiger partial charge >= 0.3 is 5.97 Å². The molecule has 1 radical (unpaired) electrons. The fourth-order valence-corrected chi connectivity index (χ4v) is 1.10. The predicted molar refractivity (Wildman–Crippen MR) is 40.7 cm³/mol. The number of thioether (sulfide) groups is 1. The smallest absolute Gasteiger partial charge is 0.313 e. The lowest BCUT2D eigenvalue weighted by Crippen LogP contribution is -2.06. The third-order valence-corrected chi connectivity index (χ3v) is 1.83. The molecule has 0 rings (SSSR count). The molecule has 0 bridgehead atoms. The second kappa shape index (κ2) is 5.56. The molecular weight excluding hydrogens is 152 g/mol. The lowest BCUT2D eigenvalue weighted by Gasteiger charge is -2.04. The highest BCUT2D eigenvalue weighted by Gasteiger charge is 2.05. The maximum atomic E-state index is 9.97. The van der Waals surface area contributed by atoms with Crippen LogP contribution in [0.5, 0.6) is 0 Å². The zero-order valence-corrected chi connectivity index (χ0v) is 6.60. The third kappa shape index (κ3) is 5.91. The topological polar surface area (TPSA) is 57.5 Å². The highest BCUT2D eigenvalue weighted by Crippen LogP contribution is 2.11. The molecule has 10 heavy (non-hydrogen) atoms. The van der Waals surface area contributed by atoms with Gasteiger partial charge in [-0.3, -0.25) is 4.79 Å². The lowest BCUT2D eigenvalue weighted by atomic mass is 10.4. The number of aliphatic carboxylic acids is 1. The summed E-state index contributed by atoms with van der Waals surface area (Å²) in [4.78, 5) is 9.97. The first kappa shape index (κ1) is 9.78. The summed E-state index contributed by atoms with van der Waals surface area (Å²) >= 11 is 1.03. The fourth-order valence-electron chi connectivity index (χ4n) is 0.437. The van der Waals surface area contributed by atoms with E-state index in [1.54, 1.807) is 6.42 Å². The van der Waals surface area contributed by atoms with Crippen molar-refractivity contribution in [3.05, 3.63) is 6.42 Å². The van der Waals surface area contributed by atoms with Crippen molar-refractivity contribution < 1.29 is 15.0 Å². The number of aliphatic hydroxyl groups excluding tert-OH is 1. The van der Waals surface area contributed by atoms with Crippen molar-refractivity contribution in [2.24, 2.45) is 0 Å². The highest BCUT2D eigenvalue weighted by atomic mass is 32.2. The highest BCUT2D eigenvalue weighted by molar-refractivity contribution is 8.00. The van der Waals surface area contributed by atoms with Crippen LogP contribution in [-0.2, 0) is 4.79 Å². The molecule has 0 aliphatic carbocycles. The minimum atomic E-state index is -0.889. The second-order valence-electron chi connectivity index (χ2n) is 1.80. The van der Waals surface area contributed by atoms with E-state index in [1.165, 1.54) is 0 Å². The normalized spacial score (nSPS) is 13.0. The maximum absolute atomic E-state index is 9.97. The van der Waals surface area contributed by atoms with Crippen LogP contribution in [0.3, 0.4) is 0 Å². The van der Waals surface area contributed by atoms with E-state index >= 15 is 0 Å². The molecule has 0 spiro atoms. The Morgan fingerprint density at radius 3 is 2.80 bits per heavy atom. The van der Waals surface area contributed by atoms with Crippen LogP contribution in [0.15, 0.2) is 0 Å². The van der Waals surface area contributed by atoms with Gasteiger partial charge in [-0.25, -0.2) is 0 Å². The van der Waals surface area contributed by atoms with Gasteiger partial charge in [0.25, 0.3) is 0 Å². The van der Waals surface area contributed by atoms with E-state index in [2.05, 4.69) is 0 Å². The zero-order valence-electron chi connectivity index (χ0n) is 5.78. The number of carbonyl (C=O) groups is 1. The second-order valence-corrected chi connectivity index (χ2v) is 2.97. The van der Waals surface area contributed by atoms with Crippen molar-refractivity contribution in [2.45, 2.75) is 18.8 Å². The largest absolute Gasteiger partial charge is 0.481 e. The van der Waals surface area contributed by atoms with Gasteiger partial charge in [0.15, 0.2) is 0 Å². The van der Waals surface area contributed by atoms with Gasteiger partial charge in [0.1, 0.15) is 5.44 Å². The van der Waals surface area contributed by atoms with Crippen molar-refractivity contribution in [2.75, 3.05) is 5.75 Å². The van der Waals surface area contributed by atoms with E-state index in [9.17, 15) is 4.79 Å². The molecule has 0 amide bonds. The first-order valence-corrected chi connectivity index (χ1v) is 4.01. The summed E-state index contributed by atoms with van der Waals surface area (Å²) in [6.07, 6.45) is 2.34. The molecule has 0 aromatic rings. The van der Waals surface area contributed by atoms with Crippen LogP contribution in [-0.4, -0.2) is 27.4 Å². The van der Waals surface area contributed by atoms with Crippen LogP contribution in [0.1, 0.15) is 13.3 Å². The van der Waals surface area contributed by atoms with E-state index in [-0.39, 0.29) is 5.75 Å². The Balaban J connectivity index is 3.21. The number of carboxylic acid groups (broad SMARTS) is 1. The van der Waals surface area contributed by atoms with Crippen molar-refractivity contribution in [1.82, 2.24) is 0 Å². The standard InChI is InChI=1S/C6H11O3S/c1-2-3-6(9)10-4-5(7)8/h2,6,9H,3-4H2,1H3,(H,7,8). The number of rotatable bonds is 5. The van der Waals surface area contributed by atoms with Gasteiger partial charge in [0.05, 0.1) is 5.75 Å². The lowest BCUT2D eigenvalue weighted by molar-refractivity contribution is -0.133. The van der Waals surface area contributed by atoms with Crippen LogP contribution in [0.4, 0.5) is 0 Å². The quantitative estimate of drug-likeness (QED) is 0.587. The van der Waals surface area contributed by atoms with Crippen LogP contribution in [0.25, 0.3) is 0 Å². The molecule has 59 valence electrons. The zero-order chi connectivity index (χ0) is 7.98. The Morgan fingerprint density at radius 1 is 1.80 bits per heavy atom. The molecule has 0 heterocycles. The van der Waals surface area contributed by atoms with Gasteiger partial charge in [-0.05, 0) is 12.8 Å². The van der Waals surface area contributed by atoms with Crippen LogP contribution in [0.2, 0.25) is 0 Å². The van der Waals surface area contributed by atoms with E-state index in [0.717, 1.165) is 11.8 Å². The summed E-state index contributed by atoms with van der Waals surface area (Å²) in [5.41, 5.74) is -0.568. The SMILES string of the molecule is C[CH]CC(O)SCC(=O)O. The van der Waals surface area contributed by atoms with Crippen molar-refractivity contribution in [1.29, 1.82) is 0 Å². The summed E-state index contributed by atoms with van der Waals surface area (Å²) in [6, 6.07) is 0. The Bertz CT molecular complexity index is 105. The first-order chi connectivity index (χ1) is 4.66. The Hall–Kier alpha value is -0.220. The molecule has 3 nitrogen and oxygen atoms in total. The van der Waals surface area contributed by atoms with E-state index in [4.69, 9.17) is 10.2 Å². The van der Waals surface area contributed by atoms with Gasteiger partial charge < -0.3 is 10.2 Å². The maximum Gasteiger partial charge on any atom is 0.313 e. The van der Waals surface area contributed by atoms with Crippen LogP contribution < -0.4 is 0 Å². The minimum absolute atomic E-state index is 0.0327. The molecule has 2 N–H and O–H groups in total. The molecule has 0 aliphatic rings. The van der Waals surface area contributed by atoms with Crippen LogP contribution in [0, 0.1) is 6.42 Å². The monoisotopic (exact) mass is 163 g/mol.